The number of nitrogens with one attached hydrogen (secondary N) is 1. The fraction of sp³-hybridized carbons (Fsp3) is 0.273. The number of anilines is 1. The van der Waals surface area contributed by atoms with Crippen molar-refractivity contribution < 1.29 is 17.8 Å². The van der Waals surface area contributed by atoms with Crippen molar-refractivity contribution in [2.24, 2.45) is 0 Å². The number of fused-ring (bicyclic) bond motifs is 1. The number of rotatable bonds is 7. The van der Waals surface area contributed by atoms with Crippen LogP contribution in [0.3, 0.4) is 0 Å². The minimum Gasteiger partial charge on any atom is -0.336 e. The molecule has 10 nitrogen and oxygen atoms in total. The molecular weight excluding hydrogens is 444 g/mol. The molecule has 2 aromatic carbocycles. The highest BCUT2D eigenvalue weighted by Gasteiger charge is 2.23. The molecule has 1 N–H and O–H groups in total. The van der Waals surface area contributed by atoms with Gasteiger partial charge in [-0.15, -0.1) is 0 Å². The molecule has 11 heteroatoms. The summed E-state index contributed by atoms with van der Waals surface area (Å²) in [6.45, 7) is 4.30. The van der Waals surface area contributed by atoms with Crippen LogP contribution in [0.5, 0.6) is 0 Å². The van der Waals surface area contributed by atoms with E-state index in [0.717, 1.165) is 11.8 Å². The van der Waals surface area contributed by atoms with Crippen molar-refractivity contribution in [3.63, 3.8) is 0 Å². The van der Waals surface area contributed by atoms with Crippen molar-refractivity contribution in [3.8, 4) is 0 Å². The summed E-state index contributed by atoms with van der Waals surface area (Å²) in [4.78, 5) is 19.7. The number of amides is 1. The van der Waals surface area contributed by atoms with Crippen LogP contribution in [0.15, 0.2) is 47.1 Å². The van der Waals surface area contributed by atoms with E-state index in [2.05, 4.69) is 20.0 Å². The first-order valence-electron chi connectivity index (χ1n) is 10.2. The van der Waals surface area contributed by atoms with E-state index >= 15 is 0 Å². The molecule has 4 aromatic rings. The number of nitrogens with zero attached hydrogens (tertiary/aromatic N) is 5. The van der Waals surface area contributed by atoms with Crippen LogP contribution in [-0.2, 0) is 23.1 Å². The van der Waals surface area contributed by atoms with Crippen molar-refractivity contribution in [2.45, 2.75) is 26.9 Å². The molecule has 0 saturated carbocycles. The summed E-state index contributed by atoms with van der Waals surface area (Å²) >= 11 is 0. The number of benzene rings is 2. The molecule has 33 heavy (non-hydrogen) atoms. The first kappa shape index (κ1) is 22.5. The highest BCUT2D eigenvalue weighted by atomic mass is 32.2. The van der Waals surface area contributed by atoms with Crippen LogP contribution in [-0.4, -0.2) is 52.4 Å². The van der Waals surface area contributed by atoms with Crippen molar-refractivity contribution in [1.29, 1.82) is 0 Å². The number of aryl methyl sites for hydroxylation is 2. The standard InChI is InChI=1S/C22H24N6O4S/c1-14-20(25-32-24-14)13-27(3)22(29)18-10-17(26-33(4,30)31)11-19-21(18)28(15(2)23-19)12-16-8-6-5-7-9-16/h5-11,26H,12-13H2,1-4H3. The topological polar surface area (TPSA) is 123 Å². The molecule has 0 radical (unpaired) electrons. The monoisotopic (exact) mass is 468 g/mol. The van der Waals surface area contributed by atoms with Gasteiger partial charge in [0.15, 0.2) is 0 Å². The van der Waals surface area contributed by atoms with Gasteiger partial charge in [-0.1, -0.05) is 40.6 Å². The summed E-state index contributed by atoms with van der Waals surface area (Å²) in [6.07, 6.45) is 1.06. The zero-order valence-electron chi connectivity index (χ0n) is 18.7. The quantitative estimate of drug-likeness (QED) is 0.442. The van der Waals surface area contributed by atoms with Gasteiger partial charge < -0.3 is 9.47 Å². The van der Waals surface area contributed by atoms with Gasteiger partial charge in [0.05, 0.1) is 35.1 Å². The summed E-state index contributed by atoms with van der Waals surface area (Å²) in [5, 5.41) is 7.60. The van der Waals surface area contributed by atoms with Gasteiger partial charge >= 0.3 is 0 Å². The molecule has 1 amide bonds. The van der Waals surface area contributed by atoms with Crippen molar-refractivity contribution in [2.75, 3.05) is 18.0 Å². The Morgan fingerprint density at radius 3 is 2.52 bits per heavy atom. The van der Waals surface area contributed by atoms with Gasteiger partial charge in [-0.25, -0.2) is 18.0 Å². The fourth-order valence-corrected chi connectivity index (χ4v) is 4.22. The average Bonchev–Trinajstić information content (AvgIpc) is 3.29. The third kappa shape index (κ3) is 4.87. The van der Waals surface area contributed by atoms with E-state index < -0.39 is 10.0 Å². The maximum atomic E-state index is 13.6. The zero-order valence-corrected chi connectivity index (χ0v) is 19.5. The number of imidazole rings is 1. The van der Waals surface area contributed by atoms with Crippen LogP contribution in [0.1, 0.15) is 33.1 Å². The van der Waals surface area contributed by atoms with E-state index in [1.165, 1.54) is 4.90 Å². The normalized spacial score (nSPS) is 11.6. The average molecular weight is 469 g/mol. The molecule has 0 atom stereocenters. The molecule has 2 heterocycles. The summed E-state index contributed by atoms with van der Waals surface area (Å²) in [5.74, 6) is 0.396. The van der Waals surface area contributed by atoms with Gasteiger partial charge in [0.2, 0.25) is 10.0 Å². The third-order valence-corrected chi connectivity index (χ3v) is 5.84. The molecule has 0 bridgehead atoms. The van der Waals surface area contributed by atoms with Gasteiger partial charge in [0.1, 0.15) is 17.2 Å². The lowest BCUT2D eigenvalue weighted by Gasteiger charge is -2.18. The van der Waals surface area contributed by atoms with Crippen LogP contribution in [0.4, 0.5) is 5.69 Å². The molecule has 2 aromatic heterocycles. The van der Waals surface area contributed by atoms with Crippen LogP contribution < -0.4 is 4.72 Å². The molecule has 172 valence electrons. The van der Waals surface area contributed by atoms with Gasteiger partial charge in [-0.3, -0.25) is 9.52 Å². The minimum absolute atomic E-state index is 0.186. The molecular formula is C22H24N6O4S. The number of carbonyl (C=O) groups is 1. The van der Waals surface area contributed by atoms with Crippen LogP contribution in [0.2, 0.25) is 0 Å². The highest BCUT2D eigenvalue weighted by molar-refractivity contribution is 7.92. The molecule has 0 unspecified atom stereocenters. The Morgan fingerprint density at radius 1 is 1.15 bits per heavy atom. The maximum absolute atomic E-state index is 13.6. The Hall–Kier alpha value is -3.73. The lowest BCUT2D eigenvalue weighted by atomic mass is 10.1. The summed E-state index contributed by atoms with van der Waals surface area (Å²) < 4.78 is 32.9. The second kappa shape index (κ2) is 8.66. The Kier molecular flexibility index (Phi) is 5.90. The van der Waals surface area contributed by atoms with Gasteiger partial charge in [-0.05, 0) is 31.5 Å². The number of carbonyl (C=O) groups excluding carboxylic acids is 1. The SMILES string of the molecule is Cc1nonc1CN(C)C(=O)c1cc(NS(C)(=O)=O)cc2nc(C)n(Cc3ccccc3)c12. The summed E-state index contributed by atoms with van der Waals surface area (Å²) in [6, 6.07) is 13.0. The van der Waals surface area contributed by atoms with Crippen LogP contribution in [0.25, 0.3) is 11.0 Å². The van der Waals surface area contributed by atoms with E-state index in [9.17, 15) is 13.2 Å². The van der Waals surface area contributed by atoms with E-state index in [1.807, 2.05) is 41.8 Å². The van der Waals surface area contributed by atoms with Crippen LogP contribution >= 0.6 is 0 Å². The second-order valence-electron chi connectivity index (χ2n) is 7.95. The minimum atomic E-state index is -3.55. The predicted molar refractivity (Wildman–Crippen MR) is 123 cm³/mol. The van der Waals surface area contributed by atoms with Gasteiger partial charge in [0, 0.05) is 13.6 Å². The zero-order chi connectivity index (χ0) is 23.8. The third-order valence-electron chi connectivity index (χ3n) is 5.23. The molecule has 0 aliphatic rings. The summed E-state index contributed by atoms with van der Waals surface area (Å²) in [7, 11) is -1.90. The van der Waals surface area contributed by atoms with Gasteiger partial charge in [-0.2, -0.15) is 0 Å². The van der Waals surface area contributed by atoms with Gasteiger partial charge in [0.25, 0.3) is 5.91 Å². The molecule has 0 spiro atoms. The van der Waals surface area contributed by atoms with Crippen LogP contribution in [0, 0.1) is 13.8 Å². The first-order valence-corrected chi connectivity index (χ1v) is 12.1. The Balaban J connectivity index is 1.83. The number of hydrogen-bond acceptors (Lipinski definition) is 7. The Labute approximate surface area is 191 Å². The second-order valence-corrected chi connectivity index (χ2v) is 9.70. The smallest absolute Gasteiger partial charge is 0.256 e. The first-order chi connectivity index (χ1) is 15.6. The maximum Gasteiger partial charge on any atom is 0.256 e. The van der Waals surface area contributed by atoms with E-state index in [1.54, 1.807) is 26.1 Å². The Bertz CT molecular complexity index is 1430. The predicted octanol–water partition coefficient (Wildman–Crippen LogP) is 2.73. The lowest BCUT2D eigenvalue weighted by Crippen LogP contribution is -2.27. The molecule has 0 aliphatic carbocycles. The largest absolute Gasteiger partial charge is 0.336 e. The molecule has 4 rings (SSSR count). The number of sulfonamides is 1. The highest BCUT2D eigenvalue weighted by Crippen LogP contribution is 2.28. The number of aromatic nitrogens is 4. The Morgan fingerprint density at radius 2 is 1.88 bits per heavy atom. The fourth-order valence-electron chi connectivity index (χ4n) is 3.68. The van der Waals surface area contributed by atoms with E-state index in [0.29, 0.717) is 40.4 Å². The van der Waals surface area contributed by atoms with Crippen molar-refractivity contribution in [3.05, 3.63) is 70.8 Å². The van der Waals surface area contributed by atoms with Crippen molar-refractivity contribution in [1.82, 2.24) is 24.8 Å². The molecule has 0 saturated heterocycles. The summed E-state index contributed by atoms with van der Waals surface area (Å²) in [5.41, 5.74) is 3.93. The van der Waals surface area contributed by atoms with Crippen molar-refractivity contribution >= 4 is 32.7 Å². The molecule has 0 aliphatic heterocycles. The molecule has 0 fully saturated rings. The van der Waals surface area contributed by atoms with E-state index in [-0.39, 0.29) is 18.1 Å². The lowest BCUT2D eigenvalue weighted by molar-refractivity contribution is 0.0783. The number of hydrogen-bond donors (Lipinski definition) is 1. The van der Waals surface area contributed by atoms with E-state index in [4.69, 9.17) is 4.63 Å².